The summed E-state index contributed by atoms with van der Waals surface area (Å²) >= 11 is 0. The van der Waals surface area contributed by atoms with E-state index in [1.807, 2.05) is 6.08 Å². The predicted molar refractivity (Wildman–Crippen MR) is 58.7 cm³/mol. The Morgan fingerprint density at radius 3 is 2.31 bits per heavy atom. The lowest BCUT2D eigenvalue weighted by Crippen LogP contribution is -1.99. The molecule has 0 atom stereocenters. The van der Waals surface area contributed by atoms with Gasteiger partial charge in [0.1, 0.15) is 0 Å². The minimum Gasteiger partial charge on any atom is -0.103 e. The van der Waals surface area contributed by atoms with E-state index in [0.29, 0.717) is 0 Å². The number of aryl methyl sites for hydroxylation is 2. The number of hydrogen-bond acceptors (Lipinski definition) is 0. The van der Waals surface area contributed by atoms with E-state index >= 15 is 0 Å². The van der Waals surface area contributed by atoms with Gasteiger partial charge in [0.15, 0.2) is 0 Å². The van der Waals surface area contributed by atoms with E-state index in [0.717, 1.165) is 6.42 Å². The lowest BCUT2D eigenvalue weighted by Gasteiger charge is -2.14. The summed E-state index contributed by atoms with van der Waals surface area (Å²) in [5.74, 6) is 1.41. The van der Waals surface area contributed by atoms with Gasteiger partial charge in [-0.2, -0.15) is 0 Å². The van der Waals surface area contributed by atoms with Gasteiger partial charge < -0.3 is 0 Å². The van der Waals surface area contributed by atoms with Crippen LogP contribution in [0.25, 0.3) is 0 Å². The van der Waals surface area contributed by atoms with Crippen LogP contribution in [0.1, 0.15) is 30.0 Å². The molecule has 0 heteroatoms. The van der Waals surface area contributed by atoms with Crippen molar-refractivity contribution in [3.63, 3.8) is 0 Å². The van der Waals surface area contributed by atoms with Gasteiger partial charge in [0.05, 0.1) is 0 Å². The Morgan fingerprint density at radius 2 is 1.85 bits per heavy atom. The third-order valence-electron chi connectivity index (χ3n) is 2.36. The fourth-order valence-corrected chi connectivity index (χ4v) is 1.81. The molecule has 13 heavy (non-hydrogen) atoms. The van der Waals surface area contributed by atoms with Crippen LogP contribution in [0.15, 0.2) is 30.9 Å². The molecule has 0 nitrogen and oxygen atoms in total. The Hall–Kier alpha value is -1.04. The van der Waals surface area contributed by atoms with Crippen molar-refractivity contribution in [2.45, 2.75) is 27.2 Å². The van der Waals surface area contributed by atoms with Crippen molar-refractivity contribution in [2.24, 2.45) is 0 Å². The molecule has 0 unspecified atom stereocenters. The molecule has 0 spiro atoms. The number of rotatable bonds is 3. The van der Waals surface area contributed by atoms with Gasteiger partial charge in [0, 0.05) is 5.92 Å². The van der Waals surface area contributed by atoms with E-state index in [4.69, 9.17) is 0 Å². The zero-order chi connectivity index (χ0) is 9.84. The van der Waals surface area contributed by atoms with Gasteiger partial charge in [-0.1, -0.05) is 31.2 Å². The van der Waals surface area contributed by atoms with Crippen LogP contribution >= 0.6 is 0 Å². The fourth-order valence-electron chi connectivity index (χ4n) is 1.81. The van der Waals surface area contributed by atoms with Gasteiger partial charge in [-0.3, -0.25) is 0 Å². The third kappa shape index (κ3) is 2.21. The van der Waals surface area contributed by atoms with Crippen molar-refractivity contribution in [2.75, 3.05) is 0 Å². The summed E-state index contributed by atoms with van der Waals surface area (Å²) in [4.78, 5) is 0. The second-order valence-corrected chi connectivity index (χ2v) is 3.54. The highest BCUT2D eigenvalue weighted by Crippen LogP contribution is 2.25. The second kappa shape index (κ2) is 4.27. The predicted octanol–water partition coefficient (Wildman–Crippen LogP) is 3.82. The molecule has 0 fully saturated rings. The van der Waals surface area contributed by atoms with Crippen LogP contribution in [-0.2, 0) is 0 Å². The van der Waals surface area contributed by atoms with Crippen LogP contribution in [0.4, 0.5) is 0 Å². The van der Waals surface area contributed by atoms with E-state index in [1.165, 1.54) is 22.6 Å². The molecule has 1 aromatic carbocycles. The standard InChI is InChI=1S/C13H17/c1-5-7-10(2)13-11(3)8-6-9-12(13)4/h5-6,8-9H,1,7H2,2-4H3. The molecule has 1 radical (unpaired) electrons. The van der Waals surface area contributed by atoms with Crippen LogP contribution < -0.4 is 0 Å². The summed E-state index contributed by atoms with van der Waals surface area (Å²) in [5.41, 5.74) is 4.13. The molecule has 1 aromatic rings. The molecule has 0 aliphatic heterocycles. The van der Waals surface area contributed by atoms with E-state index in [-0.39, 0.29) is 0 Å². The van der Waals surface area contributed by atoms with Crippen LogP contribution in [-0.4, -0.2) is 0 Å². The lowest BCUT2D eigenvalue weighted by molar-refractivity contribution is 1.01. The summed E-state index contributed by atoms with van der Waals surface area (Å²) in [7, 11) is 0. The topological polar surface area (TPSA) is 0 Å². The average Bonchev–Trinajstić information content (AvgIpc) is 2.04. The minimum atomic E-state index is 0.978. The Morgan fingerprint density at radius 1 is 1.31 bits per heavy atom. The third-order valence-corrected chi connectivity index (χ3v) is 2.36. The largest absolute Gasteiger partial charge is 0.103 e. The SMILES string of the molecule is C=CC[C](C)c1c(C)cccc1C. The number of benzene rings is 1. The van der Waals surface area contributed by atoms with Gasteiger partial charge in [-0.25, -0.2) is 0 Å². The molecule has 0 N–H and O–H groups in total. The Balaban J connectivity index is 3.04. The first-order valence-electron chi connectivity index (χ1n) is 4.66. The highest BCUT2D eigenvalue weighted by Gasteiger charge is 2.09. The van der Waals surface area contributed by atoms with Gasteiger partial charge in [-0.05, 0) is 37.0 Å². The Kier molecular flexibility index (Phi) is 3.30. The molecule has 0 amide bonds. The highest BCUT2D eigenvalue weighted by molar-refractivity contribution is 5.43. The fraction of sp³-hybridized carbons (Fsp3) is 0.308. The first kappa shape index (κ1) is 10.0. The van der Waals surface area contributed by atoms with Gasteiger partial charge in [0.25, 0.3) is 0 Å². The van der Waals surface area contributed by atoms with Crippen molar-refractivity contribution in [3.05, 3.63) is 53.5 Å². The van der Waals surface area contributed by atoms with Gasteiger partial charge in [0.2, 0.25) is 0 Å². The molecule has 69 valence electrons. The quantitative estimate of drug-likeness (QED) is 0.609. The van der Waals surface area contributed by atoms with Crippen LogP contribution in [0, 0.1) is 19.8 Å². The molecule has 0 heterocycles. The summed E-state index contributed by atoms with van der Waals surface area (Å²) in [6.45, 7) is 10.3. The first-order chi connectivity index (χ1) is 6.16. The molecule has 0 aliphatic rings. The molecule has 0 aromatic heterocycles. The molecular formula is C13H17. The lowest BCUT2D eigenvalue weighted by atomic mass is 9.90. The van der Waals surface area contributed by atoms with E-state index in [2.05, 4.69) is 45.5 Å². The molecule has 0 saturated carbocycles. The summed E-state index contributed by atoms with van der Waals surface area (Å²) in [6, 6.07) is 6.43. The van der Waals surface area contributed by atoms with Crippen molar-refractivity contribution < 1.29 is 0 Å². The summed E-state index contributed by atoms with van der Waals surface area (Å²) in [6.07, 6.45) is 2.94. The normalized spacial score (nSPS) is 10.5. The van der Waals surface area contributed by atoms with Crippen LogP contribution in [0.5, 0.6) is 0 Å². The van der Waals surface area contributed by atoms with Gasteiger partial charge in [-0.15, -0.1) is 6.58 Å². The zero-order valence-electron chi connectivity index (χ0n) is 8.72. The van der Waals surface area contributed by atoms with Crippen LogP contribution in [0.3, 0.4) is 0 Å². The molecule has 0 bridgehead atoms. The first-order valence-corrected chi connectivity index (χ1v) is 4.66. The molecular weight excluding hydrogens is 156 g/mol. The minimum absolute atomic E-state index is 0.978. The van der Waals surface area contributed by atoms with E-state index < -0.39 is 0 Å². The van der Waals surface area contributed by atoms with Crippen molar-refractivity contribution in [3.8, 4) is 0 Å². The maximum Gasteiger partial charge on any atom is 0.00616 e. The highest BCUT2D eigenvalue weighted by atomic mass is 14.1. The summed E-state index contributed by atoms with van der Waals surface area (Å²) in [5, 5.41) is 0. The molecule has 0 saturated heterocycles. The van der Waals surface area contributed by atoms with Crippen molar-refractivity contribution in [1.29, 1.82) is 0 Å². The van der Waals surface area contributed by atoms with Crippen LogP contribution in [0.2, 0.25) is 0 Å². The second-order valence-electron chi connectivity index (χ2n) is 3.54. The monoisotopic (exact) mass is 173 g/mol. The summed E-state index contributed by atoms with van der Waals surface area (Å²) < 4.78 is 0. The maximum absolute atomic E-state index is 3.76. The average molecular weight is 173 g/mol. The maximum atomic E-state index is 3.76. The molecule has 0 aliphatic carbocycles. The zero-order valence-corrected chi connectivity index (χ0v) is 8.72. The Labute approximate surface area is 81.3 Å². The van der Waals surface area contributed by atoms with E-state index in [9.17, 15) is 0 Å². The Bertz CT molecular complexity index is 277. The van der Waals surface area contributed by atoms with Crippen molar-refractivity contribution in [1.82, 2.24) is 0 Å². The number of allylic oxidation sites excluding steroid dienone is 1. The number of hydrogen-bond donors (Lipinski definition) is 0. The van der Waals surface area contributed by atoms with E-state index in [1.54, 1.807) is 0 Å². The van der Waals surface area contributed by atoms with Gasteiger partial charge >= 0.3 is 0 Å². The molecule has 1 rings (SSSR count). The smallest absolute Gasteiger partial charge is 0.00616 e. The van der Waals surface area contributed by atoms with Crippen molar-refractivity contribution >= 4 is 0 Å².